The summed E-state index contributed by atoms with van der Waals surface area (Å²) >= 11 is 7.47. The fourth-order valence-corrected chi connectivity index (χ4v) is 4.85. The van der Waals surface area contributed by atoms with E-state index in [1.807, 2.05) is 34.5 Å². The van der Waals surface area contributed by atoms with Crippen molar-refractivity contribution in [2.45, 2.75) is 27.0 Å². The Morgan fingerprint density at radius 2 is 1.68 bits per heavy atom. The van der Waals surface area contributed by atoms with E-state index < -0.39 is 0 Å². The van der Waals surface area contributed by atoms with Crippen LogP contribution in [0.5, 0.6) is 5.75 Å². The van der Waals surface area contributed by atoms with Crippen LogP contribution in [0.4, 0.5) is 0 Å². The minimum absolute atomic E-state index is 0.120. The highest BCUT2D eigenvalue weighted by atomic mass is 35.5. The van der Waals surface area contributed by atoms with Crippen LogP contribution in [0.1, 0.15) is 31.9 Å². The summed E-state index contributed by atoms with van der Waals surface area (Å²) in [5, 5.41) is 2.78. The van der Waals surface area contributed by atoms with E-state index in [4.69, 9.17) is 16.3 Å². The molecule has 1 saturated heterocycles. The fraction of sp³-hybridized carbons (Fsp3) is 0.320. The van der Waals surface area contributed by atoms with Crippen molar-refractivity contribution in [3.63, 3.8) is 0 Å². The summed E-state index contributed by atoms with van der Waals surface area (Å²) in [4.78, 5) is 18.1. The highest BCUT2D eigenvalue weighted by molar-refractivity contribution is 7.12. The summed E-state index contributed by atoms with van der Waals surface area (Å²) in [6.07, 6.45) is 0. The molecule has 1 amide bonds. The molecular weight excluding hydrogens is 428 g/mol. The van der Waals surface area contributed by atoms with E-state index in [-0.39, 0.29) is 5.91 Å². The Morgan fingerprint density at radius 1 is 1.00 bits per heavy atom. The van der Waals surface area contributed by atoms with Gasteiger partial charge in [-0.3, -0.25) is 9.69 Å². The van der Waals surface area contributed by atoms with Crippen LogP contribution in [-0.4, -0.2) is 41.9 Å². The monoisotopic (exact) mass is 454 g/mol. The molecule has 1 fully saturated rings. The highest BCUT2D eigenvalue weighted by Gasteiger charge is 2.23. The van der Waals surface area contributed by atoms with Gasteiger partial charge in [0.15, 0.2) is 0 Å². The molecule has 0 aliphatic carbocycles. The Hall–Kier alpha value is -2.34. The zero-order valence-corrected chi connectivity index (χ0v) is 19.5. The Balaban J connectivity index is 1.29. The number of nitrogens with zero attached hydrogens (tertiary/aromatic N) is 2. The summed E-state index contributed by atoms with van der Waals surface area (Å²) in [5.74, 6) is 1.05. The van der Waals surface area contributed by atoms with Crippen LogP contribution in [0.2, 0.25) is 5.02 Å². The van der Waals surface area contributed by atoms with Gasteiger partial charge in [0.1, 0.15) is 12.4 Å². The normalized spacial score (nSPS) is 14.6. The highest BCUT2D eigenvalue weighted by Crippen LogP contribution is 2.25. The van der Waals surface area contributed by atoms with Crippen molar-refractivity contribution in [1.29, 1.82) is 0 Å². The number of amides is 1. The van der Waals surface area contributed by atoms with Gasteiger partial charge in [0.25, 0.3) is 5.91 Å². The number of rotatable bonds is 6. The number of aryl methyl sites for hydroxylation is 2. The van der Waals surface area contributed by atoms with E-state index in [9.17, 15) is 4.79 Å². The maximum atomic E-state index is 13.0. The quantitative estimate of drug-likeness (QED) is 0.489. The van der Waals surface area contributed by atoms with Crippen molar-refractivity contribution < 1.29 is 9.53 Å². The van der Waals surface area contributed by atoms with Crippen LogP contribution in [0.15, 0.2) is 53.9 Å². The molecule has 0 bridgehead atoms. The lowest BCUT2D eigenvalue weighted by Gasteiger charge is -2.34. The molecule has 162 valence electrons. The SMILES string of the molecule is Cc1cccc(C)c1OCc1csc(C(=O)N2CCN(Cc3ccc(Cl)cc3)CC2)c1. The third kappa shape index (κ3) is 5.48. The molecule has 1 aliphatic rings. The number of carbonyl (C=O) groups excluding carboxylic acids is 1. The minimum Gasteiger partial charge on any atom is -0.488 e. The molecule has 4 nitrogen and oxygen atoms in total. The molecular formula is C25H27ClN2O2S. The summed E-state index contributed by atoms with van der Waals surface area (Å²) in [6, 6.07) is 16.1. The van der Waals surface area contributed by atoms with Crippen LogP contribution >= 0.6 is 22.9 Å². The molecule has 0 spiro atoms. The Bertz CT molecular complexity index is 1020. The predicted octanol–water partition coefficient (Wildman–Crippen LogP) is 5.56. The smallest absolute Gasteiger partial charge is 0.264 e. The molecule has 2 aromatic carbocycles. The molecule has 0 unspecified atom stereocenters. The number of hydrogen-bond donors (Lipinski definition) is 0. The van der Waals surface area contributed by atoms with Gasteiger partial charge in [0.05, 0.1) is 4.88 Å². The van der Waals surface area contributed by atoms with Crippen molar-refractivity contribution in [3.8, 4) is 5.75 Å². The van der Waals surface area contributed by atoms with E-state index in [2.05, 4.69) is 43.0 Å². The average Bonchev–Trinajstić information content (AvgIpc) is 3.24. The van der Waals surface area contributed by atoms with Crippen LogP contribution in [0.3, 0.4) is 0 Å². The Labute approximate surface area is 193 Å². The molecule has 0 saturated carbocycles. The summed E-state index contributed by atoms with van der Waals surface area (Å²) < 4.78 is 6.04. The van der Waals surface area contributed by atoms with Crippen molar-refractivity contribution >= 4 is 28.8 Å². The van der Waals surface area contributed by atoms with E-state index in [1.54, 1.807) is 0 Å². The van der Waals surface area contributed by atoms with Crippen LogP contribution < -0.4 is 4.74 Å². The first-order chi connectivity index (χ1) is 15.0. The van der Waals surface area contributed by atoms with Crippen molar-refractivity contribution in [3.05, 3.63) is 86.1 Å². The molecule has 4 rings (SSSR count). The first-order valence-corrected chi connectivity index (χ1v) is 11.8. The molecule has 3 aromatic rings. The molecule has 2 heterocycles. The van der Waals surface area contributed by atoms with E-state index >= 15 is 0 Å². The molecule has 0 N–H and O–H groups in total. The molecule has 31 heavy (non-hydrogen) atoms. The first kappa shape index (κ1) is 21.9. The lowest BCUT2D eigenvalue weighted by molar-refractivity contribution is 0.0633. The van der Waals surface area contributed by atoms with Gasteiger partial charge in [-0.25, -0.2) is 0 Å². The van der Waals surface area contributed by atoms with E-state index in [0.29, 0.717) is 6.61 Å². The molecule has 0 atom stereocenters. The Morgan fingerprint density at radius 3 is 2.35 bits per heavy atom. The first-order valence-electron chi connectivity index (χ1n) is 10.5. The summed E-state index contributed by atoms with van der Waals surface area (Å²) in [7, 11) is 0. The topological polar surface area (TPSA) is 32.8 Å². The number of para-hydroxylation sites is 1. The predicted molar refractivity (Wildman–Crippen MR) is 127 cm³/mol. The third-order valence-electron chi connectivity index (χ3n) is 5.64. The van der Waals surface area contributed by atoms with Gasteiger partial charge in [0.2, 0.25) is 0 Å². The van der Waals surface area contributed by atoms with Crippen LogP contribution in [0, 0.1) is 13.8 Å². The third-order valence-corrected chi connectivity index (χ3v) is 6.85. The maximum Gasteiger partial charge on any atom is 0.264 e. The number of piperazine rings is 1. The second kappa shape index (κ2) is 9.86. The van der Waals surface area contributed by atoms with Gasteiger partial charge in [0, 0.05) is 43.3 Å². The van der Waals surface area contributed by atoms with Gasteiger partial charge >= 0.3 is 0 Å². The molecule has 1 aromatic heterocycles. The fourth-order valence-electron chi connectivity index (χ4n) is 3.86. The molecule has 1 aliphatic heterocycles. The van der Waals surface area contributed by atoms with E-state index in [0.717, 1.165) is 65.1 Å². The second-order valence-corrected chi connectivity index (χ2v) is 9.37. The van der Waals surface area contributed by atoms with Crippen molar-refractivity contribution in [2.24, 2.45) is 0 Å². The van der Waals surface area contributed by atoms with Gasteiger partial charge in [-0.05, 0) is 54.1 Å². The van der Waals surface area contributed by atoms with Crippen molar-refractivity contribution in [1.82, 2.24) is 9.80 Å². The van der Waals surface area contributed by atoms with Gasteiger partial charge in [-0.1, -0.05) is 41.9 Å². The molecule has 6 heteroatoms. The zero-order valence-electron chi connectivity index (χ0n) is 17.9. The summed E-state index contributed by atoms with van der Waals surface area (Å²) in [6.45, 7) is 8.72. The van der Waals surface area contributed by atoms with E-state index in [1.165, 1.54) is 16.9 Å². The van der Waals surface area contributed by atoms with Gasteiger partial charge in [-0.2, -0.15) is 0 Å². The Kier molecular flexibility index (Phi) is 6.96. The summed E-state index contributed by atoms with van der Waals surface area (Å²) in [5.41, 5.74) is 4.54. The number of thiophene rings is 1. The number of benzene rings is 2. The number of ether oxygens (including phenoxy) is 1. The van der Waals surface area contributed by atoms with Crippen LogP contribution in [-0.2, 0) is 13.2 Å². The number of carbonyl (C=O) groups is 1. The lowest BCUT2D eigenvalue weighted by atomic mass is 10.1. The molecule has 0 radical (unpaired) electrons. The lowest BCUT2D eigenvalue weighted by Crippen LogP contribution is -2.48. The second-order valence-electron chi connectivity index (χ2n) is 8.02. The number of halogens is 1. The standard InChI is InChI=1S/C25H27ClN2O2S/c1-18-4-3-5-19(2)24(18)30-16-21-14-23(31-17-21)25(29)28-12-10-27(11-13-28)15-20-6-8-22(26)9-7-20/h3-9,14,17H,10-13,15-16H2,1-2H3. The average molecular weight is 455 g/mol. The van der Waals surface area contributed by atoms with Crippen LogP contribution in [0.25, 0.3) is 0 Å². The largest absolute Gasteiger partial charge is 0.488 e. The minimum atomic E-state index is 0.120. The zero-order chi connectivity index (χ0) is 21.8. The van der Waals surface area contributed by atoms with Crippen molar-refractivity contribution in [2.75, 3.05) is 26.2 Å². The maximum absolute atomic E-state index is 13.0. The van der Waals surface area contributed by atoms with Gasteiger partial charge in [-0.15, -0.1) is 11.3 Å². The number of hydrogen-bond acceptors (Lipinski definition) is 4. The van der Waals surface area contributed by atoms with Gasteiger partial charge < -0.3 is 9.64 Å².